The molecule has 0 radical (unpaired) electrons. The highest BCUT2D eigenvalue weighted by Crippen LogP contribution is 2.24. The summed E-state index contributed by atoms with van der Waals surface area (Å²) in [4.78, 5) is 1.29. The van der Waals surface area contributed by atoms with Crippen LogP contribution < -0.4 is 0 Å². The Labute approximate surface area is 172 Å². The molecule has 0 heterocycles. The number of phenols is 1. The van der Waals surface area contributed by atoms with E-state index in [1.54, 1.807) is 18.2 Å². The van der Waals surface area contributed by atoms with E-state index >= 15 is 0 Å². The monoisotopic (exact) mass is 389 g/mol. The first kappa shape index (κ1) is 21.6. The number of phenolic OH excluding ortho intramolecular Hbond substituents is 1. The molecule has 0 bridgehead atoms. The molecule has 0 saturated carbocycles. The van der Waals surface area contributed by atoms with E-state index in [2.05, 4.69) is 68.8 Å². The normalized spacial score (nSPS) is 11.6. The maximum atomic E-state index is 9.37. The van der Waals surface area contributed by atoms with Crippen molar-refractivity contribution in [2.45, 2.75) is 24.0 Å². The summed E-state index contributed by atoms with van der Waals surface area (Å²) < 4.78 is 0. The fraction of sp³-hybridized carbons (Fsp3) is 0.154. The number of hydrogen-bond acceptors (Lipinski definition) is 1. The van der Waals surface area contributed by atoms with E-state index in [4.69, 9.17) is 0 Å². The van der Waals surface area contributed by atoms with Gasteiger partial charge >= 0.3 is 0 Å². The SMILES string of the molecule is C=C/C=C\C(=C)CC.C[S+](Cc1cccc2ccccc12)c1ccc(O)cc1. The van der Waals surface area contributed by atoms with Crippen LogP contribution in [0.25, 0.3) is 10.8 Å². The molecule has 1 nitrogen and oxygen atoms in total. The van der Waals surface area contributed by atoms with Crippen LogP contribution in [0.4, 0.5) is 0 Å². The summed E-state index contributed by atoms with van der Waals surface area (Å²) in [6.07, 6.45) is 8.89. The third-order valence-corrected chi connectivity index (χ3v) is 6.23. The van der Waals surface area contributed by atoms with Crippen LogP contribution in [-0.2, 0) is 16.6 Å². The van der Waals surface area contributed by atoms with Crippen molar-refractivity contribution in [1.29, 1.82) is 0 Å². The molecule has 3 rings (SSSR count). The molecular weight excluding hydrogens is 360 g/mol. The highest BCUT2D eigenvalue weighted by atomic mass is 32.2. The Bertz CT molecular complexity index is 933. The lowest BCUT2D eigenvalue weighted by Crippen LogP contribution is -2.04. The third kappa shape index (κ3) is 6.47. The summed E-state index contributed by atoms with van der Waals surface area (Å²) in [6, 6.07) is 22.6. The molecule has 0 aliphatic carbocycles. The highest BCUT2D eigenvalue weighted by molar-refractivity contribution is 7.95. The number of benzene rings is 3. The second-order valence-corrected chi connectivity index (χ2v) is 8.55. The van der Waals surface area contributed by atoms with Gasteiger partial charge in [0.25, 0.3) is 0 Å². The van der Waals surface area contributed by atoms with Gasteiger partial charge in [-0.25, -0.2) is 0 Å². The molecule has 3 aromatic carbocycles. The Kier molecular flexibility index (Phi) is 8.64. The standard InChI is InChI=1S/C18H16OS.C8H12/c1-20(17-11-9-16(19)10-12-17)13-15-7-4-6-14-5-2-3-8-18(14)15;1-4-6-7-8(3)5-2/h2-12H,13H2,1H3;4,6-7H,1,3,5H2,2H3/p+1/b;7-6-. The summed E-state index contributed by atoms with van der Waals surface area (Å²) in [7, 11) is 0.140. The van der Waals surface area contributed by atoms with Gasteiger partial charge < -0.3 is 5.11 Å². The topological polar surface area (TPSA) is 20.2 Å². The van der Waals surface area contributed by atoms with Gasteiger partial charge in [0.15, 0.2) is 4.90 Å². The van der Waals surface area contributed by atoms with E-state index < -0.39 is 0 Å². The lowest BCUT2D eigenvalue weighted by molar-refractivity contribution is 0.475. The molecule has 144 valence electrons. The number of allylic oxidation sites excluding steroid dienone is 4. The van der Waals surface area contributed by atoms with Crippen molar-refractivity contribution in [2.75, 3.05) is 6.26 Å². The molecule has 1 atom stereocenters. The van der Waals surface area contributed by atoms with Crippen molar-refractivity contribution in [2.24, 2.45) is 0 Å². The molecule has 1 unspecified atom stereocenters. The van der Waals surface area contributed by atoms with Crippen LogP contribution in [0.2, 0.25) is 0 Å². The Morgan fingerprint density at radius 2 is 1.68 bits per heavy atom. The molecule has 28 heavy (non-hydrogen) atoms. The molecule has 1 N–H and O–H groups in total. The minimum atomic E-state index is 0.140. The quantitative estimate of drug-likeness (QED) is 0.354. The van der Waals surface area contributed by atoms with E-state index in [0.717, 1.165) is 17.7 Å². The van der Waals surface area contributed by atoms with Gasteiger partial charge in [-0.05, 0) is 41.5 Å². The van der Waals surface area contributed by atoms with Crippen molar-refractivity contribution in [3.05, 3.63) is 109 Å². The van der Waals surface area contributed by atoms with E-state index in [0.29, 0.717) is 5.75 Å². The van der Waals surface area contributed by atoms with Crippen LogP contribution >= 0.6 is 0 Å². The third-order valence-electron chi connectivity index (χ3n) is 4.41. The van der Waals surface area contributed by atoms with Crippen LogP contribution in [0, 0.1) is 0 Å². The Hall–Kier alpha value is -2.71. The zero-order chi connectivity index (χ0) is 20.4. The zero-order valence-electron chi connectivity index (χ0n) is 16.8. The molecule has 0 amide bonds. The minimum absolute atomic E-state index is 0.140. The molecule has 0 saturated heterocycles. The van der Waals surface area contributed by atoms with Crippen LogP contribution in [0.1, 0.15) is 18.9 Å². The Morgan fingerprint density at radius 3 is 2.36 bits per heavy atom. The van der Waals surface area contributed by atoms with Crippen molar-refractivity contribution < 1.29 is 5.11 Å². The Morgan fingerprint density at radius 1 is 1.00 bits per heavy atom. The molecule has 0 aliphatic heterocycles. The van der Waals surface area contributed by atoms with E-state index in [1.807, 2.05) is 24.3 Å². The van der Waals surface area contributed by atoms with Crippen molar-refractivity contribution in [3.8, 4) is 5.75 Å². The van der Waals surface area contributed by atoms with Crippen molar-refractivity contribution in [3.63, 3.8) is 0 Å². The predicted octanol–water partition coefficient (Wildman–Crippen LogP) is 7.05. The first-order valence-corrected chi connectivity index (χ1v) is 11.2. The van der Waals surface area contributed by atoms with Gasteiger partial charge in [0.2, 0.25) is 0 Å². The number of aromatic hydroxyl groups is 1. The first-order chi connectivity index (χ1) is 13.5. The van der Waals surface area contributed by atoms with Crippen LogP contribution in [-0.4, -0.2) is 11.4 Å². The Balaban J connectivity index is 0.000000300. The average molecular weight is 390 g/mol. The van der Waals surface area contributed by atoms with Gasteiger partial charge in [0.1, 0.15) is 17.8 Å². The molecule has 2 heteroatoms. The molecule has 0 spiro atoms. The van der Waals surface area contributed by atoms with E-state index in [1.165, 1.54) is 21.2 Å². The maximum Gasteiger partial charge on any atom is 0.155 e. The fourth-order valence-electron chi connectivity index (χ4n) is 2.74. The maximum absolute atomic E-state index is 9.37. The van der Waals surface area contributed by atoms with Gasteiger partial charge in [-0.15, -0.1) is 0 Å². The molecule has 0 aromatic heterocycles. The summed E-state index contributed by atoms with van der Waals surface area (Å²) in [5, 5.41) is 12.0. The van der Waals surface area contributed by atoms with Crippen molar-refractivity contribution in [1.82, 2.24) is 0 Å². The molecule has 0 aliphatic rings. The number of fused-ring (bicyclic) bond motifs is 1. The van der Waals surface area contributed by atoms with Crippen LogP contribution in [0.3, 0.4) is 0 Å². The average Bonchev–Trinajstić information content (AvgIpc) is 2.73. The van der Waals surface area contributed by atoms with Gasteiger partial charge in [-0.2, -0.15) is 0 Å². The van der Waals surface area contributed by atoms with E-state index in [9.17, 15) is 5.11 Å². The van der Waals surface area contributed by atoms with Gasteiger partial charge in [-0.1, -0.05) is 86.3 Å². The molecule has 0 fully saturated rings. The summed E-state index contributed by atoms with van der Waals surface area (Å²) in [5.41, 5.74) is 2.53. The lowest BCUT2D eigenvalue weighted by atomic mass is 10.1. The second-order valence-electron chi connectivity index (χ2n) is 6.52. The van der Waals surface area contributed by atoms with Crippen LogP contribution in [0.15, 0.2) is 109 Å². The summed E-state index contributed by atoms with van der Waals surface area (Å²) in [5.74, 6) is 1.36. The van der Waals surface area contributed by atoms with Gasteiger partial charge in [-0.3, -0.25) is 0 Å². The first-order valence-electron chi connectivity index (χ1n) is 9.40. The predicted molar refractivity (Wildman–Crippen MR) is 126 cm³/mol. The minimum Gasteiger partial charge on any atom is -0.508 e. The number of rotatable bonds is 6. The molecule has 3 aromatic rings. The highest BCUT2D eigenvalue weighted by Gasteiger charge is 2.17. The smallest absolute Gasteiger partial charge is 0.155 e. The van der Waals surface area contributed by atoms with Gasteiger partial charge in [0.05, 0.1) is 0 Å². The zero-order valence-corrected chi connectivity index (χ0v) is 17.6. The fourth-order valence-corrected chi connectivity index (χ4v) is 4.22. The van der Waals surface area contributed by atoms with Gasteiger partial charge in [0, 0.05) is 16.5 Å². The molecular formula is C26H29OS+. The number of hydrogen-bond donors (Lipinski definition) is 1. The lowest BCUT2D eigenvalue weighted by Gasteiger charge is -2.07. The largest absolute Gasteiger partial charge is 0.508 e. The second kappa shape index (κ2) is 11.2. The van der Waals surface area contributed by atoms with E-state index in [-0.39, 0.29) is 10.9 Å². The van der Waals surface area contributed by atoms with Crippen LogP contribution in [0.5, 0.6) is 5.75 Å². The van der Waals surface area contributed by atoms with Crippen molar-refractivity contribution >= 4 is 21.7 Å². The summed E-state index contributed by atoms with van der Waals surface area (Å²) >= 11 is 0. The summed E-state index contributed by atoms with van der Waals surface area (Å²) in [6.45, 7) is 9.39.